The molecule has 0 heterocycles. The number of methoxy groups -OCH3 is 1. The van der Waals surface area contributed by atoms with Gasteiger partial charge in [0.2, 0.25) is 0 Å². The third kappa shape index (κ3) is 12.4. The molecule has 0 spiro atoms. The molecule has 0 rings (SSSR count). The van der Waals surface area contributed by atoms with Gasteiger partial charge in [-0.25, -0.2) is 0 Å². The van der Waals surface area contributed by atoms with Crippen molar-refractivity contribution in [2.75, 3.05) is 38.2 Å². The highest BCUT2D eigenvalue weighted by atomic mass is 127. The Balaban J connectivity index is 3.25. The van der Waals surface area contributed by atoms with E-state index in [9.17, 15) is 0 Å². The molecule has 0 radical (unpaired) electrons. The zero-order chi connectivity index (χ0) is 12.1. The Morgan fingerprint density at radius 2 is 2.00 bits per heavy atom. The van der Waals surface area contributed by atoms with Gasteiger partial charge in [-0.1, -0.05) is 34.2 Å². The van der Waals surface area contributed by atoms with Crippen molar-refractivity contribution in [3.05, 3.63) is 11.6 Å². The van der Waals surface area contributed by atoms with Gasteiger partial charge >= 0.3 is 0 Å². The van der Waals surface area contributed by atoms with E-state index in [1.165, 1.54) is 22.8 Å². The topological polar surface area (TPSA) is 27.7 Å². The van der Waals surface area contributed by atoms with Crippen LogP contribution in [0.4, 0.5) is 0 Å². The molecule has 0 saturated carbocycles. The quantitative estimate of drug-likeness (QED) is 0.190. The molecule has 4 heteroatoms. The van der Waals surface area contributed by atoms with Gasteiger partial charge in [0.1, 0.15) is 6.79 Å². The van der Waals surface area contributed by atoms with Gasteiger partial charge < -0.3 is 14.2 Å². The highest BCUT2D eigenvalue weighted by Crippen LogP contribution is 2.03. The predicted octanol–water partition coefficient (Wildman–Crippen LogP) is 3.18. The van der Waals surface area contributed by atoms with Crippen LogP contribution < -0.4 is 0 Å². The van der Waals surface area contributed by atoms with Gasteiger partial charge in [-0.15, -0.1) is 0 Å². The molecule has 0 atom stereocenters. The highest BCUT2D eigenvalue weighted by Gasteiger charge is 1.92. The van der Waals surface area contributed by atoms with Crippen molar-refractivity contribution in [3.63, 3.8) is 0 Å². The van der Waals surface area contributed by atoms with E-state index < -0.39 is 0 Å². The van der Waals surface area contributed by atoms with Crippen LogP contribution in [0.15, 0.2) is 11.6 Å². The Hall–Kier alpha value is 0.350. The highest BCUT2D eigenvalue weighted by molar-refractivity contribution is 14.1. The maximum absolute atomic E-state index is 5.35. The summed E-state index contributed by atoms with van der Waals surface area (Å²) < 4.78 is 16.6. The monoisotopic (exact) mass is 342 g/mol. The first-order valence-electron chi connectivity index (χ1n) is 5.67. The summed E-state index contributed by atoms with van der Waals surface area (Å²) in [7, 11) is 1.66. The van der Waals surface area contributed by atoms with Crippen LogP contribution in [0.1, 0.15) is 26.2 Å². The minimum atomic E-state index is 0.349. The first-order valence-corrected chi connectivity index (χ1v) is 7.19. The van der Waals surface area contributed by atoms with Crippen molar-refractivity contribution in [3.8, 4) is 0 Å². The standard InChI is InChI=1S/C12H23IO3/c1-12(6-4-3-5-7-13)10-16-11-15-9-8-14-2/h6H,3-5,7-11H2,1-2H3/b12-6+. The summed E-state index contributed by atoms with van der Waals surface area (Å²) in [6.07, 6.45) is 5.97. The summed E-state index contributed by atoms with van der Waals surface area (Å²) in [4.78, 5) is 0. The van der Waals surface area contributed by atoms with Gasteiger partial charge in [-0.2, -0.15) is 0 Å². The first kappa shape index (κ1) is 16.4. The number of halogens is 1. The molecule has 0 aliphatic carbocycles. The first-order chi connectivity index (χ1) is 7.81. The Bertz CT molecular complexity index is 172. The maximum atomic E-state index is 5.35. The molecule has 0 bridgehead atoms. The zero-order valence-electron chi connectivity index (χ0n) is 10.3. The molecule has 0 aromatic carbocycles. The van der Waals surface area contributed by atoms with Crippen molar-refractivity contribution in [1.82, 2.24) is 0 Å². The number of alkyl halides is 1. The fourth-order valence-electron chi connectivity index (χ4n) is 1.11. The molecule has 0 fully saturated rings. The van der Waals surface area contributed by atoms with Crippen molar-refractivity contribution < 1.29 is 14.2 Å². The van der Waals surface area contributed by atoms with Crippen molar-refractivity contribution in [1.29, 1.82) is 0 Å². The lowest BCUT2D eigenvalue weighted by Crippen LogP contribution is -2.06. The van der Waals surface area contributed by atoms with E-state index in [1.807, 2.05) is 0 Å². The van der Waals surface area contributed by atoms with Crippen LogP contribution >= 0.6 is 22.6 Å². The SMILES string of the molecule is COCCOCOC/C(C)=C/CCCCI. The van der Waals surface area contributed by atoms with E-state index in [2.05, 4.69) is 35.6 Å². The fourth-order valence-corrected chi connectivity index (χ4v) is 1.65. The molecule has 0 aromatic heterocycles. The van der Waals surface area contributed by atoms with Crippen LogP contribution in [0.3, 0.4) is 0 Å². The van der Waals surface area contributed by atoms with Crippen molar-refractivity contribution >= 4 is 22.6 Å². The van der Waals surface area contributed by atoms with Crippen LogP contribution in [-0.4, -0.2) is 38.2 Å². The van der Waals surface area contributed by atoms with Crippen LogP contribution in [0.5, 0.6) is 0 Å². The molecule has 0 aromatic rings. The number of ether oxygens (including phenoxy) is 3. The van der Waals surface area contributed by atoms with E-state index in [0.717, 1.165) is 6.42 Å². The van der Waals surface area contributed by atoms with Gasteiger partial charge in [0.05, 0.1) is 19.8 Å². The summed E-state index contributed by atoms with van der Waals surface area (Å²) in [5.41, 5.74) is 1.28. The number of hydrogen-bond acceptors (Lipinski definition) is 3. The molecule has 0 amide bonds. The summed E-state index contributed by atoms with van der Waals surface area (Å²) in [5, 5.41) is 0. The maximum Gasteiger partial charge on any atom is 0.147 e. The fraction of sp³-hybridized carbons (Fsp3) is 0.833. The number of unbranched alkanes of at least 4 members (excludes halogenated alkanes) is 2. The number of hydrogen-bond donors (Lipinski definition) is 0. The zero-order valence-corrected chi connectivity index (χ0v) is 12.5. The van der Waals surface area contributed by atoms with E-state index in [0.29, 0.717) is 26.6 Å². The number of rotatable bonds is 11. The average Bonchev–Trinajstić information content (AvgIpc) is 2.29. The second-order valence-electron chi connectivity index (χ2n) is 3.60. The summed E-state index contributed by atoms with van der Waals surface area (Å²) >= 11 is 2.41. The predicted molar refractivity (Wildman–Crippen MR) is 75.1 cm³/mol. The molecule has 0 aliphatic heterocycles. The van der Waals surface area contributed by atoms with E-state index in [1.54, 1.807) is 7.11 Å². The van der Waals surface area contributed by atoms with Crippen LogP contribution in [-0.2, 0) is 14.2 Å². The van der Waals surface area contributed by atoms with Crippen LogP contribution in [0, 0.1) is 0 Å². The molecule has 0 saturated heterocycles. The van der Waals surface area contributed by atoms with Crippen LogP contribution in [0.2, 0.25) is 0 Å². The largest absolute Gasteiger partial charge is 0.382 e. The van der Waals surface area contributed by atoms with Gasteiger partial charge in [-0.05, 0) is 30.6 Å². The molecular weight excluding hydrogens is 319 g/mol. The molecule has 3 nitrogen and oxygen atoms in total. The minimum Gasteiger partial charge on any atom is -0.382 e. The van der Waals surface area contributed by atoms with Gasteiger partial charge in [0.15, 0.2) is 0 Å². The summed E-state index contributed by atoms with van der Waals surface area (Å²) in [6.45, 7) is 4.32. The Labute approximate surface area is 113 Å². The second kappa shape index (κ2) is 13.4. The Kier molecular flexibility index (Phi) is 13.7. The molecule has 0 N–H and O–H groups in total. The second-order valence-corrected chi connectivity index (χ2v) is 4.68. The Morgan fingerprint density at radius 3 is 2.69 bits per heavy atom. The van der Waals surface area contributed by atoms with Crippen molar-refractivity contribution in [2.45, 2.75) is 26.2 Å². The lowest BCUT2D eigenvalue weighted by molar-refractivity contribution is -0.0589. The summed E-state index contributed by atoms with van der Waals surface area (Å²) in [5.74, 6) is 0. The molecule has 0 unspecified atom stereocenters. The molecule has 0 aliphatic rings. The van der Waals surface area contributed by atoms with Crippen LogP contribution in [0.25, 0.3) is 0 Å². The summed E-state index contributed by atoms with van der Waals surface area (Å²) in [6, 6.07) is 0. The Morgan fingerprint density at radius 1 is 1.19 bits per heavy atom. The molecular formula is C12H23IO3. The van der Waals surface area contributed by atoms with Crippen molar-refractivity contribution in [2.24, 2.45) is 0 Å². The van der Waals surface area contributed by atoms with E-state index in [-0.39, 0.29) is 0 Å². The lowest BCUT2D eigenvalue weighted by atomic mass is 10.2. The van der Waals surface area contributed by atoms with Gasteiger partial charge in [0, 0.05) is 7.11 Å². The minimum absolute atomic E-state index is 0.349. The third-order valence-corrected chi connectivity index (χ3v) is 2.77. The average molecular weight is 342 g/mol. The molecule has 16 heavy (non-hydrogen) atoms. The van der Waals surface area contributed by atoms with Gasteiger partial charge in [-0.3, -0.25) is 0 Å². The van der Waals surface area contributed by atoms with E-state index >= 15 is 0 Å². The number of allylic oxidation sites excluding steroid dienone is 1. The van der Waals surface area contributed by atoms with E-state index in [4.69, 9.17) is 14.2 Å². The lowest BCUT2D eigenvalue weighted by Gasteiger charge is -2.05. The normalized spacial score (nSPS) is 12.1. The van der Waals surface area contributed by atoms with Gasteiger partial charge in [0.25, 0.3) is 0 Å². The smallest absolute Gasteiger partial charge is 0.147 e. The molecule has 96 valence electrons. The third-order valence-electron chi connectivity index (χ3n) is 2.01.